The maximum atomic E-state index is 4.88. The summed E-state index contributed by atoms with van der Waals surface area (Å²) in [7, 11) is 0. The van der Waals surface area contributed by atoms with Gasteiger partial charge in [-0.15, -0.1) is 0 Å². The van der Waals surface area contributed by atoms with Crippen LogP contribution < -0.4 is 5.32 Å². The lowest BCUT2D eigenvalue weighted by Gasteiger charge is -2.11. The first-order valence-corrected chi connectivity index (χ1v) is 10.8. The summed E-state index contributed by atoms with van der Waals surface area (Å²) >= 11 is 0. The highest BCUT2D eigenvalue weighted by Crippen LogP contribution is 2.28. The molecule has 5 aromatic heterocycles. The van der Waals surface area contributed by atoms with Gasteiger partial charge in [-0.2, -0.15) is 5.10 Å². The molecule has 0 aliphatic rings. The molecule has 6 aromatic rings. The Morgan fingerprint density at radius 3 is 2.74 bits per heavy atom. The molecule has 1 aromatic carbocycles. The average molecular weight is 445 g/mol. The molecule has 0 aliphatic carbocycles. The fraction of sp³-hybridized carbons (Fsp3) is 0.0385. The van der Waals surface area contributed by atoms with Crippen molar-refractivity contribution >= 4 is 27.9 Å². The molecule has 3 N–H and O–H groups in total. The Labute approximate surface area is 194 Å². The summed E-state index contributed by atoms with van der Waals surface area (Å²) < 4.78 is 0. The van der Waals surface area contributed by atoms with Crippen LogP contribution in [-0.2, 0) is 6.42 Å². The molecule has 0 bridgehead atoms. The van der Waals surface area contributed by atoms with Crippen molar-refractivity contribution in [1.29, 1.82) is 0 Å². The van der Waals surface area contributed by atoms with Crippen molar-refractivity contribution in [3.05, 3.63) is 97.1 Å². The number of fused-ring (bicyclic) bond motifs is 2. The monoisotopic (exact) mass is 444 g/mol. The maximum absolute atomic E-state index is 4.88. The Balaban J connectivity index is 1.30. The third-order valence-corrected chi connectivity index (χ3v) is 5.50. The quantitative estimate of drug-likeness (QED) is 0.329. The highest BCUT2D eigenvalue weighted by molar-refractivity contribution is 5.91. The summed E-state index contributed by atoms with van der Waals surface area (Å²) in [5.41, 5.74) is 8.31. The van der Waals surface area contributed by atoms with Gasteiger partial charge in [0.15, 0.2) is 17.2 Å². The standard InChI is InChI=1S/C26H20N8/c1-16(12-17-6-3-2-4-7-17)29-19-13-18(14-27-15-19)20-9-10-21-23(30-20)24(34-33-21)26-31-22-8-5-11-28-25(22)32-26/h2-11,13-15,29H,1,12H2,(H,33,34)(H,28,31,32). The molecule has 0 radical (unpaired) electrons. The smallest absolute Gasteiger partial charge is 0.178 e. The van der Waals surface area contributed by atoms with Gasteiger partial charge in [-0.3, -0.25) is 10.1 Å². The van der Waals surface area contributed by atoms with E-state index in [1.165, 1.54) is 5.56 Å². The summed E-state index contributed by atoms with van der Waals surface area (Å²) in [5.74, 6) is 0.621. The van der Waals surface area contributed by atoms with E-state index in [0.717, 1.165) is 45.6 Å². The molecule has 0 saturated heterocycles. The Morgan fingerprint density at radius 2 is 1.85 bits per heavy atom. The zero-order valence-electron chi connectivity index (χ0n) is 18.2. The van der Waals surface area contributed by atoms with Gasteiger partial charge in [0.1, 0.15) is 5.52 Å². The fourth-order valence-electron chi connectivity index (χ4n) is 3.92. The number of nitrogens with zero attached hydrogens (tertiary/aromatic N) is 5. The third kappa shape index (κ3) is 3.77. The molecule has 8 nitrogen and oxygen atoms in total. The normalized spacial score (nSPS) is 11.2. The van der Waals surface area contributed by atoms with E-state index < -0.39 is 0 Å². The van der Waals surface area contributed by atoms with Crippen molar-refractivity contribution in [2.24, 2.45) is 0 Å². The number of rotatable bonds is 6. The Kier molecular flexibility index (Phi) is 4.81. The molecular weight excluding hydrogens is 424 g/mol. The number of aromatic amines is 2. The summed E-state index contributed by atoms with van der Waals surface area (Å²) in [4.78, 5) is 21.4. The molecule has 8 heteroatoms. The molecule has 0 saturated carbocycles. The van der Waals surface area contributed by atoms with Crippen LogP contribution in [0, 0.1) is 0 Å². The largest absolute Gasteiger partial charge is 0.358 e. The predicted molar refractivity (Wildman–Crippen MR) is 133 cm³/mol. The number of hydrogen-bond acceptors (Lipinski definition) is 6. The van der Waals surface area contributed by atoms with Crippen LogP contribution in [0.5, 0.6) is 0 Å². The highest BCUT2D eigenvalue weighted by atomic mass is 15.2. The number of pyridine rings is 3. The van der Waals surface area contributed by atoms with E-state index >= 15 is 0 Å². The molecule has 0 atom stereocenters. The Hall–Kier alpha value is -4.85. The number of imidazole rings is 1. The number of benzene rings is 1. The zero-order valence-corrected chi connectivity index (χ0v) is 18.2. The second-order valence-electron chi connectivity index (χ2n) is 7.98. The minimum atomic E-state index is 0.621. The predicted octanol–water partition coefficient (Wildman–Crippen LogP) is 5.13. The van der Waals surface area contributed by atoms with Gasteiger partial charge in [0.05, 0.1) is 28.6 Å². The van der Waals surface area contributed by atoms with Gasteiger partial charge in [0.2, 0.25) is 0 Å². The highest BCUT2D eigenvalue weighted by Gasteiger charge is 2.15. The van der Waals surface area contributed by atoms with Crippen LogP contribution in [0.25, 0.3) is 45.0 Å². The molecule has 6 rings (SSSR count). The minimum Gasteiger partial charge on any atom is -0.358 e. The fourth-order valence-corrected chi connectivity index (χ4v) is 3.92. The molecule has 0 unspecified atom stereocenters. The lowest BCUT2D eigenvalue weighted by molar-refractivity contribution is 1.10. The lowest BCUT2D eigenvalue weighted by Crippen LogP contribution is -2.02. The topological polar surface area (TPSA) is 108 Å². The number of anilines is 1. The van der Waals surface area contributed by atoms with E-state index in [2.05, 4.69) is 54.2 Å². The lowest BCUT2D eigenvalue weighted by atomic mass is 10.1. The molecular formula is C26H20N8. The number of hydrogen-bond donors (Lipinski definition) is 3. The van der Waals surface area contributed by atoms with E-state index in [1.807, 2.05) is 48.5 Å². The molecule has 34 heavy (non-hydrogen) atoms. The Morgan fingerprint density at radius 1 is 0.941 bits per heavy atom. The molecule has 0 amide bonds. The van der Waals surface area contributed by atoms with Crippen molar-refractivity contribution in [3.8, 4) is 22.8 Å². The van der Waals surface area contributed by atoms with Gasteiger partial charge in [-0.1, -0.05) is 36.9 Å². The van der Waals surface area contributed by atoms with Crippen LogP contribution >= 0.6 is 0 Å². The van der Waals surface area contributed by atoms with Crippen molar-refractivity contribution in [2.45, 2.75) is 6.42 Å². The number of aromatic nitrogens is 7. The van der Waals surface area contributed by atoms with E-state index in [-0.39, 0.29) is 0 Å². The van der Waals surface area contributed by atoms with Gasteiger partial charge in [0.25, 0.3) is 0 Å². The van der Waals surface area contributed by atoms with Gasteiger partial charge < -0.3 is 10.3 Å². The molecule has 5 heterocycles. The summed E-state index contributed by atoms with van der Waals surface area (Å²) in [6, 6.07) is 20.0. The second-order valence-corrected chi connectivity index (χ2v) is 7.98. The summed E-state index contributed by atoms with van der Waals surface area (Å²) in [6.45, 7) is 4.16. The average Bonchev–Trinajstić information content (AvgIpc) is 3.48. The SMILES string of the molecule is C=C(Cc1ccccc1)Nc1cncc(-c2ccc3[nH]nc(-c4nc5ncccc5[nH]4)c3n2)c1. The van der Waals surface area contributed by atoms with Crippen molar-refractivity contribution in [1.82, 2.24) is 35.1 Å². The van der Waals surface area contributed by atoms with E-state index in [0.29, 0.717) is 17.2 Å². The summed E-state index contributed by atoms with van der Waals surface area (Å²) in [6.07, 6.45) is 6.03. The second kappa shape index (κ2) is 8.25. The first-order chi connectivity index (χ1) is 16.7. The van der Waals surface area contributed by atoms with Crippen LogP contribution in [0.4, 0.5) is 5.69 Å². The van der Waals surface area contributed by atoms with Crippen molar-refractivity contribution < 1.29 is 0 Å². The first-order valence-electron chi connectivity index (χ1n) is 10.8. The minimum absolute atomic E-state index is 0.621. The van der Waals surface area contributed by atoms with Gasteiger partial charge in [-0.25, -0.2) is 15.0 Å². The van der Waals surface area contributed by atoms with Crippen molar-refractivity contribution in [2.75, 3.05) is 5.32 Å². The third-order valence-electron chi connectivity index (χ3n) is 5.50. The zero-order chi connectivity index (χ0) is 22.9. The van der Waals surface area contributed by atoms with Crippen LogP contribution in [0.3, 0.4) is 0 Å². The molecule has 164 valence electrons. The first kappa shape index (κ1) is 19.8. The van der Waals surface area contributed by atoms with Crippen LogP contribution in [0.15, 0.2) is 91.5 Å². The molecule has 0 fully saturated rings. The van der Waals surface area contributed by atoms with Crippen LogP contribution in [0.2, 0.25) is 0 Å². The number of H-pyrrole nitrogens is 2. The van der Waals surface area contributed by atoms with Gasteiger partial charge in [0, 0.05) is 30.1 Å². The Bertz CT molecular complexity index is 1600. The van der Waals surface area contributed by atoms with E-state index in [1.54, 1.807) is 18.6 Å². The van der Waals surface area contributed by atoms with Crippen LogP contribution in [-0.4, -0.2) is 35.1 Å². The van der Waals surface area contributed by atoms with Crippen molar-refractivity contribution in [3.63, 3.8) is 0 Å². The number of allylic oxidation sites excluding steroid dienone is 1. The maximum Gasteiger partial charge on any atom is 0.178 e. The van der Waals surface area contributed by atoms with Crippen LogP contribution in [0.1, 0.15) is 5.56 Å². The summed E-state index contributed by atoms with van der Waals surface area (Å²) in [5, 5.41) is 10.8. The molecule has 0 aliphatic heterocycles. The molecule has 0 spiro atoms. The van der Waals surface area contributed by atoms with E-state index in [9.17, 15) is 0 Å². The number of nitrogens with one attached hydrogen (secondary N) is 3. The van der Waals surface area contributed by atoms with Gasteiger partial charge in [-0.05, 0) is 35.9 Å². The van der Waals surface area contributed by atoms with Gasteiger partial charge >= 0.3 is 0 Å². The van der Waals surface area contributed by atoms with E-state index in [4.69, 9.17) is 4.98 Å².